The SMILES string of the molecule is Cc1cc(-c2cccnc2)cc2cn([C@H](C)c3ccc(F)cc3)c(O)c12. The summed E-state index contributed by atoms with van der Waals surface area (Å²) < 4.78 is 15.0. The molecule has 0 aliphatic heterocycles. The van der Waals surface area contributed by atoms with Crippen LogP contribution in [0, 0.1) is 12.7 Å². The summed E-state index contributed by atoms with van der Waals surface area (Å²) in [4.78, 5) is 4.18. The fourth-order valence-electron chi connectivity index (χ4n) is 3.46. The van der Waals surface area contributed by atoms with E-state index in [1.54, 1.807) is 18.3 Å². The van der Waals surface area contributed by atoms with Gasteiger partial charge in [-0.25, -0.2) is 4.39 Å². The van der Waals surface area contributed by atoms with Crippen molar-refractivity contribution in [1.82, 2.24) is 9.55 Å². The van der Waals surface area contributed by atoms with Crippen LogP contribution < -0.4 is 0 Å². The largest absolute Gasteiger partial charge is 0.494 e. The van der Waals surface area contributed by atoms with Gasteiger partial charge in [-0.05, 0) is 54.8 Å². The highest BCUT2D eigenvalue weighted by molar-refractivity contribution is 5.94. The molecule has 0 saturated carbocycles. The zero-order valence-corrected chi connectivity index (χ0v) is 14.6. The second-order valence-electron chi connectivity index (χ2n) is 6.59. The van der Waals surface area contributed by atoms with Crippen LogP contribution in [0.5, 0.6) is 5.88 Å². The van der Waals surface area contributed by atoms with Crippen LogP contribution in [-0.4, -0.2) is 14.7 Å². The molecule has 3 nitrogen and oxygen atoms in total. The highest BCUT2D eigenvalue weighted by Crippen LogP contribution is 2.37. The van der Waals surface area contributed by atoms with Gasteiger partial charge in [0.1, 0.15) is 5.82 Å². The Kier molecular flexibility index (Phi) is 3.96. The van der Waals surface area contributed by atoms with Crippen LogP contribution in [0.3, 0.4) is 0 Å². The maximum Gasteiger partial charge on any atom is 0.199 e. The van der Waals surface area contributed by atoms with E-state index >= 15 is 0 Å². The Hall–Kier alpha value is -3.14. The van der Waals surface area contributed by atoms with Crippen molar-refractivity contribution in [2.24, 2.45) is 0 Å². The van der Waals surface area contributed by atoms with Crippen LogP contribution in [0.25, 0.3) is 21.9 Å². The van der Waals surface area contributed by atoms with Gasteiger partial charge in [-0.3, -0.25) is 4.98 Å². The minimum absolute atomic E-state index is 0.107. The topological polar surface area (TPSA) is 38.0 Å². The Bertz CT molecular complexity index is 1070. The summed E-state index contributed by atoms with van der Waals surface area (Å²) in [5.74, 6) is -0.0353. The first-order chi connectivity index (χ1) is 12.5. The van der Waals surface area contributed by atoms with Gasteiger partial charge in [-0.2, -0.15) is 0 Å². The molecular weight excluding hydrogens is 327 g/mol. The van der Waals surface area contributed by atoms with Gasteiger partial charge in [0.05, 0.1) is 6.04 Å². The summed E-state index contributed by atoms with van der Waals surface area (Å²) in [6.07, 6.45) is 5.53. The Morgan fingerprint density at radius 3 is 2.54 bits per heavy atom. The van der Waals surface area contributed by atoms with Crippen molar-refractivity contribution < 1.29 is 9.50 Å². The molecule has 4 aromatic rings. The van der Waals surface area contributed by atoms with Crippen LogP contribution in [-0.2, 0) is 0 Å². The fraction of sp³-hybridized carbons (Fsp3) is 0.136. The number of benzene rings is 2. The van der Waals surface area contributed by atoms with Crippen molar-refractivity contribution in [3.05, 3.63) is 84.1 Å². The second-order valence-corrected chi connectivity index (χ2v) is 6.59. The summed E-state index contributed by atoms with van der Waals surface area (Å²) in [6, 6.07) is 14.3. The number of pyridine rings is 1. The average molecular weight is 346 g/mol. The number of hydrogen-bond acceptors (Lipinski definition) is 2. The van der Waals surface area contributed by atoms with Crippen LogP contribution in [0.1, 0.15) is 24.1 Å². The Balaban J connectivity index is 1.83. The molecule has 0 unspecified atom stereocenters. The molecule has 2 aromatic carbocycles. The molecule has 130 valence electrons. The van der Waals surface area contributed by atoms with Crippen molar-refractivity contribution in [3.8, 4) is 17.0 Å². The third-order valence-electron chi connectivity index (χ3n) is 4.88. The van der Waals surface area contributed by atoms with Crippen molar-refractivity contribution in [3.63, 3.8) is 0 Å². The number of nitrogens with zero attached hydrogens (tertiary/aromatic N) is 2. The lowest BCUT2D eigenvalue weighted by molar-refractivity contribution is 0.412. The van der Waals surface area contributed by atoms with E-state index in [0.29, 0.717) is 0 Å². The molecule has 0 fully saturated rings. The third-order valence-corrected chi connectivity index (χ3v) is 4.88. The van der Waals surface area contributed by atoms with Crippen LogP contribution in [0.4, 0.5) is 4.39 Å². The van der Waals surface area contributed by atoms with Gasteiger partial charge in [0, 0.05) is 34.9 Å². The Labute approximate surface area is 151 Å². The minimum atomic E-state index is -0.264. The van der Waals surface area contributed by atoms with Gasteiger partial charge in [0.15, 0.2) is 5.88 Å². The number of aryl methyl sites for hydroxylation is 1. The number of fused-ring (bicyclic) bond motifs is 1. The van der Waals surface area contributed by atoms with Gasteiger partial charge in [-0.1, -0.05) is 24.3 Å². The van der Waals surface area contributed by atoms with Gasteiger partial charge in [-0.15, -0.1) is 0 Å². The van der Waals surface area contributed by atoms with Crippen LogP contribution in [0.15, 0.2) is 67.1 Å². The van der Waals surface area contributed by atoms with E-state index in [4.69, 9.17) is 0 Å². The van der Waals surface area contributed by atoms with E-state index in [1.165, 1.54) is 12.1 Å². The summed E-state index contributed by atoms with van der Waals surface area (Å²) in [6.45, 7) is 3.98. The molecule has 0 aliphatic carbocycles. The molecule has 0 aliphatic rings. The zero-order valence-electron chi connectivity index (χ0n) is 14.6. The third kappa shape index (κ3) is 2.73. The Morgan fingerprint density at radius 1 is 1.08 bits per heavy atom. The quantitative estimate of drug-likeness (QED) is 0.534. The lowest BCUT2D eigenvalue weighted by atomic mass is 10.0. The van der Waals surface area contributed by atoms with Crippen molar-refractivity contribution in [2.75, 3.05) is 0 Å². The first-order valence-electron chi connectivity index (χ1n) is 8.54. The number of rotatable bonds is 3. The Morgan fingerprint density at radius 2 is 1.85 bits per heavy atom. The van der Waals surface area contributed by atoms with Crippen LogP contribution >= 0.6 is 0 Å². The van der Waals surface area contributed by atoms with E-state index in [1.807, 2.05) is 42.9 Å². The standard InChI is InChI=1S/C22H19FN2O/c1-14-10-18(17-4-3-9-24-12-17)11-19-13-25(22(26)21(14)19)15(2)16-5-7-20(23)8-6-16/h3-13,15,26H,1-2H3/t15-/m1/s1. The van der Waals surface area contributed by atoms with Crippen molar-refractivity contribution in [1.29, 1.82) is 0 Å². The smallest absolute Gasteiger partial charge is 0.199 e. The predicted octanol–water partition coefficient (Wildman–Crippen LogP) is 5.47. The maximum atomic E-state index is 13.2. The molecule has 1 N–H and O–H groups in total. The zero-order chi connectivity index (χ0) is 18.3. The first kappa shape index (κ1) is 16.3. The average Bonchev–Trinajstić information content (AvgIpc) is 2.99. The first-order valence-corrected chi connectivity index (χ1v) is 8.54. The highest BCUT2D eigenvalue weighted by atomic mass is 19.1. The fourth-order valence-corrected chi connectivity index (χ4v) is 3.46. The minimum Gasteiger partial charge on any atom is -0.494 e. The van der Waals surface area contributed by atoms with E-state index in [9.17, 15) is 9.50 Å². The highest BCUT2D eigenvalue weighted by Gasteiger charge is 2.17. The lowest BCUT2D eigenvalue weighted by Gasteiger charge is -2.15. The summed E-state index contributed by atoms with van der Waals surface area (Å²) in [5, 5.41) is 12.6. The molecule has 4 rings (SSSR count). The molecule has 26 heavy (non-hydrogen) atoms. The molecule has 0 saturated heterocycles. The number of aromatic hydroxyl groups is 1. The molecular formula is C22H19FN2O. The molecule has 2 aromatic heterocycles. The summed E-state index contributed by atoms with van der Waals surface area (Å²) >= 11 is 0. The number of hydrogen-bond donors (Lipinski definition) is 1. The van der Waals surface area contributed by atoms with Gasteiger partial charge >= 0.3 is 0 Å². The normalized spacial score (nSPS) is 12.4. The molecule has 1 atom stereocenters. The number of aromatic nitrogens is 2. The number of halogens is 1. The van der Waals surface area contributed by atoms with E-state index in [2.05, 4.69) is 17.1 Å². The molecule has 0 radical (unpaired) electrons. The molecule has 2 heterocycles. The van der Waals surface area contributed by atoms with E-state index < -0.39 is 0 Å². The molecule has 0 spiro atoms. The molecule has 0 bridgehead atoms. The van der Waals surface area contributed by atoms with E-state index in [0.717, 1.165) is 33.0 Å². The maximum absolute atomic E-state index is 13.2. The summed E-state index contributed by atoms with van der Waals surface area (Å²) in [7, 11) is 0. The van der Waals surface area contributed by atoms with Crippen molar-refractivity contribution in [2.45, 2.75) is 19.9 Å². The van der Waals surface area contributed by atoms with E-state index in [-0.39, 0.29) is 17.7 Å². The van der Waals surface area contributed by atoms with Crippen LogP contribution in [0.2, 0.25) is 0 Å². The lowest BCUT2D eigenvalue weighted by Crippen LogP contribution is -2.04. The van der Waals surface area contributed by atoms with Gasteiger partial charge < -0.3 is 9.67 Å². The second kappa shape index (κ2) is 6.30. The molecule has 0 amide bonds. The predicted molar refractivity (Wildman–Crippen MR) is 102 cm³/mol. The van der Waals surface area contributed by atoms with Gasteiger partial charge in [0.2, 0.25) is 0 Å². The van der Waals surface area contributed by atoms with Gasteiger partial charge in [0.25, 0.3) is 0 Å². The summed E-state index contributed by atoms with van der Waals surface area (Å²) in [5.41, 5.74) is 4.04. The monoisotopic (exact) mass is 346 g/mol. The van der Waals surface area contributed by atoms with Crippen molar-refractivity contribution >= 4 is 10.8 Å². The molecule has 4 heteroatoms.